The van der Waals surface area contributed by atoms with E-state index in [0.29, 0.717) is 31.8 Å². The van der Waals surface area contributed by atoms with Gasteiger partial charge in [-0.25, -0.2) is 14.7 Å². The molecule has 1 fully saturated rings. The highest BCUT2D eigenvalue weighted by Gasteiger charge is 2.37. The van der Waals surface area contributed by atoms with Crippen LogP contribution in [0.1, 0.15) is 37.6 Å². The molecule has 1 aromatic heterocycles. The second-order valence-electron chi connectivity index (χ2n) is 8.85. The first-order valence-corrected chi connectivity index (χ1v) is 12.5. The van der Waals surface area contributed by atoms with E-state index in [9.17, 15) is 18.0 Å². The van der Waals surface area contributed by atoms with Crippen molar-refractivity contribution >= 4 is 24.1 Å². The molecule has 5 rings (SSSR count). The standard InChI is InChI=1S/C23H27F3N8OS/c1-3-17-20(33-12-14(2)9-29-22(33)30-17)21(35)28-11-15-4-5-18(27-10-15)19-8-16-13-32(36-23(24,25)26)6-7-34(16)31-19/h4-5,8-10,12,19,22,30-31H,3,6-7,11,13H2,1-2H3,(H,28,35). The third-order valence-corrected chi connectivity index (χ3v) is 6.98. The molecule has 13 heteroatoms. The maximum atomic E-state index is 13.0. The van der Waals surface area contributed by atoms with E-state index in [-0.39, 0.29) is 36.7 Å². The molecule has 2 unspecified atom stereocenters. The van der Waals surface area contributed by atoms with Gasteiger partial charge in [-0.2, -0.15) is 13.2 Å². The summed E-state index contributed by atoms with van der Waals surface area (Å²) in [6, 6.07) is 3.55. The van der Waals surface area contributed by atoms with E-state index in [2.05, 4.69) is 26.0 Å². The molecule has 1 saturated heterocycles. The fraction of sp³-hybridized carbons (Fsp3) is 0.435. The number of piperazine rings is 1. The number of aliphatic imine (C=N–C) groups is 1. The van der Waals surface area contributed by atoms with Gasteiger partial charge in [-0.15, -0.1) is 0 Å². The van der Waals surface area contributed by atoms with Crippen molar-refractivity contribution < 1.29 is 18.0 Å². The van der Waals surface area contributed by atoms with Gasteiger partial charge in [-0.3, -0.25) is 9.78 Å². The summed E-state index contributed by atoms with van der Waals surface area (Å²) >= 11 is -0.0820. The maximum Gasteiger partial charge on any atom is 0.456 e. The summed E-state index contributed by atoms with van der Waals surface area (Å²) < 4.78 is 39.5. The average Bonchev–Trinajstić information content (AvgIpc) is 3.42. The van der Waals surface area contributed by atoms with Crippen molar-refractivity contribution in [3.63, 3.8) is 0 Å². The number of carbonyl (C=O) groups excluding carboxylic acids is 1. The van der Waals surface area contributed by atoms with Gasteiger partial charge in [0.2, 0.25) is 0 Å². The number of amides is 1. The van der Waals surface area contributed by atoms with Gasteiger partial charge in [0.15, 0.2) is 6.29 Å². The number of allylic oxidation sites excluding steroid dienone is 2. The van der Waals surface area contributed by atoms with Crippen molar-refractivity contribution in [1.29, 1.82) is 0 Å². The van der Waals surface area contributed by atoms with Crippen LogP contribution in [0.2, 0.25) is 0 Å². The topological polar surface area (TPSA) is 88.1 Å². The molecular weight excluding hydrogens is 493 g/mol. The summed E-state index contributed by atoms with van der Waals surface area (Å²) in [4.78, 5) is 23.9. The van der Waals surface area contributed by atoms with E-state index in [4.69, 9.17) is 0 Å². The van der Waals surface area contributed by atoms with Crippen LogP contribution in [0.15, 0.2) is 58.3 Å². The van der Waals surface area contributed by atoms with Crippen LogP contribution in [0.3, 0.4) is 0 Å². The average molecular weight is 521 g/mol. The predicted octanol–water partition coefficient (Wildman–Crippen LogP) is 2.73. The largest absolute Gasteiger partial charge is 0.456 e. The maximum absolute atomic E-state index is 13.0. The van der Waals surface area contributed by atoms with Gasteiger partial charge >= 0.3 is 5.51 Å². The molecular formula is C23H27F3N8OS. The Balaban J connectivity index is 1.19. The molecule has 1 amide bonds. The lowest BCUT2D eigenvalue weighted by Gasteiger charge is -2.34. The smallest absolute Gasteiger partial charge is 0.348 e. The molecule has 192 valence electrons. The third kappa shape index (κ3) is 5.22. The first kappa shape index (κ1) is 24.7. The number of hydrogen-bond acceptors (Lipinski definition) is 9. The normalized spacial score (nSPS) is 23.8. The minimum Gasteiger partial charge on any atom is -0.348 e. The number of pyridine rings is 1. The van der Waals surface area contributed by atoms with Crippen molar-refractivity contribution in [2.75, 3.05) is 19.6 Å². The third-order valence-electron chi connectivity index (χ3n) is 6.21. The quantitative estimate of drug-likeness (QED) is 0.494. The first-order chi connectivity index (χ1) is 17.2. The van der Waals surface area contributed by atoms with Gasteiger partial charge in [-0.05, 0) is 36.6 Å². The minimum absolute atomic E-state index is 0.0820. The van der Waals surface area contributed by atoms with E-state index in [1.807, 2.05) is 48.2 Å². The monoisotopic (exact) mass is 520 g/mol. The number of hydrogen-bond donors (Lipinski definition) is 3. The summed E-state index contributed by atoms with van der Waals surface area (Å²) in [6.45, 7) is 5.21. The molecule has 0 bridgehead atoms. The van der Waals surface area contributed by atoms with Crippen LogP contribution in [0.25, 0.3) is 0 Å². The van der Waals surface area contributed by atoms with Gasteiger partial charge in [-0.1, -0.05) is 13.0 Å². The molecule has 4 aliphatic rings. The molecule has 0 spiro atoms. The molecule has 4 aliphatic heterocycles. The fourth-order valence-corrected chi connectivity index (χ4v) is 5.20. The fourth-order valence-electron chi connectivity index (χ4n) is 4.54. The van der Waals surface area contributed by atoms with Crippen molar-refractivity contribution in [1.82, 2.24) is 35.3 Å². The Morgan fingerprint density at radius 3 is 2.86 bits per heavy atom. The van der Waals surface area contributed by atoms with E-state index in [1.54, 1.807) is 12.4 Å². The highest BCUT2D eigenvalue weighted by atomic mass is 32.2. The van der Waals surface area contributed by atoms with Crippen molar-refractivity contribution in [2.24, 2.45) is 4.99 Å². The molecule has 0 radical (unpaired) electrons. The lowest BCUT2D eigenvalue weighted by atomic mass is 10.1. The molecule has 5 heterocycles. The number of alkyl halides is 3. The van der Waals surface area contributed by atoms with Gasteiger partial charge < -0.3 is 20.5 Å². The number of carbonyl (C=O) groups is 1. The van der Waals surface area contributed by atoms with Crippen molar-refractivity contribution in [3.8, 4) is 0 Å². The predicted molar refractivity (Wildman–Crippen MR) is 130 cm³/mol. The lowest BCUT2D eigenvalue weighted by molar-refractivity contribution is -0.119. The van der Waals surface area contributed by atoms with Crippen LogP contribution in [0, 0.1) is 0 Å². The zero-order chi connectivity index (χ0) is 25.4. The molecule has 9 nitrogen and oxygen atoms in total. The number of halogens is 3. The summed E-state index contributed by atoms with van der Waals surface area (Å²) in [7, 11) is 0. The van der Waals surface area contributed by atoms with Gasteiger partial charge in [0.05, 0.1) is 18.3 Å². The first-order valence-electron chi connectivity index (χ1n) is 11.7. The molecule has 2 atom stereocenters. The SMILES string of the molecule is CCC1=C(C(=O)NCc2ccc(C3C=C4CN(SC(F)(F)F)CCN4N3)nc2)N2C=C(C)C=NC2N1. The number of fused-ring (bicyclic) bond motifs is 2. The van der Waals surface area contributed by atoms with Gasteiger partial charge in [0, 0.05) is 61.6 Å². The highest BCUT2D eigenvalue weighted by molar-refractivity contribution is 7.97. The zero-order valence-electron chi connectivity index (χ0n) is 19.8. The van der Waals surface area contributed by atoms with Crippen LogP contribution >= 0.6 is 11.9 Å². The van der Waals surface area contributed by atoms with E-state index >= 15 is 0 Å². The Morgan fingerprint density at radius 2 is 2.14 bits per heavy atom. The Hall–Kier alpha value is -3.03. The Kier molecular flexibility index (Phi) is 6.70. The molecule has 36 heavy (non-hydrogen) atoms. The molecule has 3 N–H and O–H groups in total. The second kappa shape index (κ2) is 9.79. The second-order valence-corrected chi connectivity index (χ2v) is 10.0. The summed E-state index contributed by atoms with van der Waals surface area (Å²) in [6.07, 6.45) is 7.70. The van der Waals surface area contributed by atoms with Gasteiger partial charge in [0.1, 0.15) is 5.70 Å². The number of aromatic nitrogens is 1. The van der Waals surface area contributed by atoms with E-state index < -0.39 is 5.51 Å². The Morgan fingerprint density at radius 1 is 1.31 bits per heavy atom. The molecule has 0 saturated carbocycles. The lowest BCUT2D eigenvalue weighted by Crippen LogP contribution is -2.46. The summed E-state index contributed by atoms with van der Waals surface area (Å²) in [5.41, 5.74) is 3.79. The zero-order valence-corrected chi connectivity index (χ0v) is 20.7. The number of rotatable bonds is 6. The van der Waals surface area contributed by atoms with Crippen LogP contribution in [0.4, 0.5) is 13.2 Å². The molecule has 0 aromatic carbocycles. The Labute approximate surface area is 211 Å². The Bertz CT molecular complexity index is 1150. The van der Waals surface area contributed by atoms with Crippen molar-refractivity contribution in [2.45, 2.75) is 44.7 Å². The summed E-state index contributed by atoms with van der Waals surface area (Å²) in [5, 5.41) is 8.14. The van der Waals surface area contributed by atoms with Crippen LogP contribution in [0.5, 0.6) is 0 Å². The highest BCUT2D eigenvalue weighted by Crippen LogP contribution is 2.36. The van der Waals surface area contributed by atoms with Crippen LogP contribution in [-0.2, 0) is 11.3 Å². The minimum atomic E-state index is -4.29. The number of nitrogens with zero attached hydrogens (tertiary/aromatic N) is 5. The van der Waals surface area contributed by atoms with Crippen LogP contribution in [-0.4, -0.2) is 62.8 Å². The molecule has 0 aliphatic carbocycles. The van der Waals surface area contributed by atoms with E-state index in [0.717, 1.165) is 28.2 Å². The van der Waals surface area contributed by atoms with Crippen molar-refractivity contribution in [3.05, 3.63) is 64.5 Å². The number of hydrazine groups is 1. The number of nitrogens with one attached hydrogen (secondary N) is 3. The van der Waals surface area contributed by atoms with Crippen LogP contribution < -0.4 is 16.1 Å². The van der Waals surface area contributed by atoms with Gasteiger partial charge in [0.25, 0.3) is 5.91 Å². The molecule has 1 aromatic rings. The summed E-state index contributed by atoms with van der Waals surface area (Å²) in [5.74, 6) is -0.188. The van der Waals surface area contributed by atoms with E-state index in [1.165, 1.54) is 4.31 Å².